The Balaban J connectivity index is 2.61. The first-order valence-electron chi connectivity index (χ1n) is 5.19. The summed E-state index contributed by atoms with van der Waals surface area (Å²) in [5, 5.41) is 20.9. The molecule has 1 aromatic carbocycles. The van der Waals surface area contributed by atoms with Gasteiger partial charge in [-0.05, 0) is 30.5 Å². The van der Waals surface area contributed by atoms with E-state index in [9.17, 15) is 0 Å². The SMILES string of the molecule is Cc1cccc(CNC(CO)CO)c1C. The van der Waals surface area contributed by atoms with Crippen molar-refractivity contribution in [2.24, 2.45) is 0 Å². The Labute approximate surface area is 90.8 Å². The van der Waals surface area contributed by atoms with Crippen molar-refractivity contribution in [3.63, 3.8) is 0 Å². The molecule has 0 aromatic heterocycles. The van der Waals surface area contributed by atoms with Gasteiger partial charge in [-0.15, -0.1) is 0 Å². The summed E-state index contributed by atoms with van der Waals surface area (Å²) in [6.07, 6.45) is 0. The molecule has 84 valence electrons. The maximum absolute atomic E-state index is 8.91. The van der Waals surface area contributed by atoms with E-state index in [0.29, 0.717) is 6.54 Å². The van der Waals surface area contributed by atoms with E-state index < -0.39 is 0 Å². The van der Waals surface area contributed by atoms with Gasteiger partial charge in [0.2, 0.25) is 0 Å². The van der Waals surface area contributed by atoms with Crippen LogP contribution in [-0.2, 0) is 6.54 Å². The van der Waals surface area contributed by atoms with Crippen LogP contribution in [0, 0.1) is 13.8 Å². The number of benzene rings is 1. The third-order valence-corrected chi connectivity index (χ3v) is 2.74. The van der Waals surface area contributed by atoms with Gasteiger partial charge < -0.3 is 15.5 Å². The topological polar surface area (TPSA) is 52.5 Å². The van der Waals surface area contributed by atoms with E-state index in [1.54, 1.807) is 0 Å². The summed E-state index contributed by atoms with van der Waals surface area (Å²) in [4.78, 5) is 0. The van der Waals surface area contributed by atoms with Gasteiger partial charge in [0, 0.05) is 6.54 Å². The molecule has 15 heavy (non-hydrogen) atoms. The molecule has 0 aliphatic carbocycles. The van der Waals surface area contributed by atoms with Gasteiger partial charge in [0.25, 0.3) is 0 Å². The lowest BCUT2D eigenvalue weighted by atomic mass is 10.0. The minimum Gasteiger partial charge on any atom is -0.395 e. The summed E-state index contributed by atoms with van der Waals surface area (Å²) < 4.78 is 0. The first-order chi connectivity index (χ1) is 7.19. The van der Waals surface area contributed by atoms with Gasteiger partial charge in [0.15, 0.2) is 0 Å². The second-order valence-electron chi connectivity index (χ2n) is 3.80. The van der Waals surface area contributed by atoms with Gasteiger partial charge in [0.05, 0.1) is 19.3 Å². The Hall–Kier alpha value is -0.900. The Kier molecular flexibility index (Phi) is 4.75. The van der Waals surface area contributed by atoms with E-state index in [2.05, 4.69) is 31.3 Å². The lowest BCUT2D eigenvalue weighted by molar-refractivity contribution is 0.170. The molecule has 0 aliphatic rings. The minimum atomic E-state index is -0.232. The second-order valence-corrected chi connectivity index (χ2v) is 3.80. The average molecular weight is 209 g/mol. The Morgan fingerprint density at radius 3 is 2.47 bits per heavy atom. The molecule has 0 unspecified atom stereocenters. The number of rotatable bonds is 5. The molecule has 0 fully saturated rings. The summed E-state index contributed by atoms with van der Waals surface area (Å²) >= 11 is 0. The van der Waals surface area contributed by atoms with Crippen LogP contribution < -0.4 is 5.32 Å². The maximum atomic E-state index is 8.91. The first kappa shape index (κ1) is 12.2. The Morgan fingerprint density at radius 1 is 1.20 bits per heavy atom. The van der Waals surface area contributed by atoms with Crippen LogP contribution in [0.4, 0.5) is 0 Å². The number of nitrogens with one attached hydrogen (secondary N) is 1. The molecule has 1 rings (SSSR count). The van der Waals surface area contributed by atoms with Crippen LogP contribution in [-0.4, -0.2) is 29.5 Å². The molecule has 0 aliphatic heterocycles. The van der Waals surface area contributed by atoms with Crippen molar-refractivity contribution in [2.45, 2.75) is 26.4 Å². The molecule has 0 bridgehead atoms. The Bertz CT molecular complexity index is 308. The smallest absolute Gasteiger partial charge is 0.0607 e. The number of hydrogen-bond donors (Lipinski definition) is 3. The zero-order valence-electron chi connectivity index (χ0n) is 9.33. The molecule has 0 heterocycles. The van der Waals surface area contributed by atoms with E-state index in [-0.39, 0.29) is 19.3 Å². The third kappa shape index (κ3) is 3.30. The predicted octanol–water partition coefficient (Wildman–Crippen LogP) is 0.746. The van der Waals surface area contributed by atoms with Crippen LogP contribution in [0.15, 0.2) is 18.2 Å². The quantitative estimate of drug-likeness (QED) is 0.670. The summed E-state index contributed by atoms with van der Waals surface area (Å²) in [5.74, 6) is 0. The number of aryl methyl sites for hydroxylation is 1. The van der Waals surface area contributed by atoms with Crippen molar-refractivity contribution in [1.82, 2.24) is 5.32 Å². The molecule has 0 radical (unpaired) electrons. The van der Waals surface area contributed by atoms with Crippen LogP contribution in [0.3, 0.4) is 0 Å². The molecule has 0 amide bonds. The molecule has 3 heteroatoms. The first-order valence-corrected chi connectivity index (χ1v) is 5.19. The van der Waals surface area contributed by atoms with E-state index in [1.807, 2.05) is 6.07 Å². The van der Waals surface area contributed by atoms with Gasteiger partial charge in [-0.3, -0.25) is 0 Å². The van der Waals surface area contributed by atoms with Gasteiger partial charge in [-0.2, -0.15) is 0 Å². The van der Waals surface area contributed by atoms with E-state index in [4.69, 9.17) is 10.2 Å². The largest absolute Gasteiger partial charge is 0.395 e. The van der Waals surface area contributed by atoms with Crippen LogP contribution >= 0.6 is 0 Å². The summed E-state index contributed by atoms with van der Waals surface area (Å²) in [7, 11) is 0. The molecule has 1 aromatic rings. The van der Waals surface area contributed by atoms with Crippen molar-refractivity contribution in [2.75, 3.05) is 13.2 Å². The molecular formula is C12H19NO2. The van der Waals surface area contributed by atoms with Crippen LogP contribution in [0.1, 0.15) is 16.7 Å². The summed E-state index contributed by atoms with van der Waals surface area (Å²) in [6.45, 7) is 4.76. The summed E-state index contributed by atoms with van der Waals surface area (Å²) in [6, 6.07) is 5.92. The molecule has 3 N–H and O–H groups in total. The fourth-order valence-electron chi connectivity index (χ4n) is 1.44. The minimum absolute atomic E-state index is 0.0403. The van der Waals surface area contributed by atoms with Gasteiger partial charge in [0.1, 0.15) is 0 Å². The highest BCUT2D eigenvalue weighted by Crippen LogP contribution is 2.12. The fraction of sp³-hybridized carbons (Fsp3) is 0.500. The van der Waals surface area contributed by atoms with Gasteiger partial charge >= 0.3 is 0 Å². The highest BCUT2D eigenvalue weighted by molar-refractivity contribution is 5.32. The van der Waals surface area contributed by atoms with Gasteiger partial charge in [-0.1, -0.05) is 18.2 Å². The van der Waals surface area contributed by atoms with Crippen LogP contribution in [0.5, 0.6) is 0 Å². The number of hydrogen-bond acceptors (Lipinski definition) is 3. The maximum Gasteiger partial charge on any atom is 0.0607 e. The molecule has 0 atom stereocenters. The molecule has 0 spiro atoms. The molecular weight excluding hydrogens is 190 g/mol. The number of aliphatic hydroxyl groups excluding tert-OH is 2. The highest BCUT2D eigenvalue weighted by atomic mass is 16.3. The molecule has 3 nitrogen and oxygen atoms in total. The zero-order chi connectivity index (χ0) is 11.3. The molecule has 0 saturated carbocycles. The lowest BCUT2D eigenvalue weighted by Gasteiger charge is -2.15. The zero-order valence-corrected chi connectivity index (χ0v) is 9.33. The second kappa shape index (κ2) is 5.85. The van der Waals surface area contributed by atoms with Crippen molar-refractivity contribution >= 4 is 0 Å². The highest BCUT2D eigenvalue weighted by Gasteiger charge is 2.06. The standard InChI is InChI=1S/C12H19NO2/c1-9-4-3-5-11(10(9)2)6-13-12(7-14)8-15/h3-5,12-15H,6-8H2,1-2H3. The third-order valence-electron chi connectivity index (χ3n) is 2.74. The normalized spacial score (nSPS) is 11.0. The lowest BCUT2D eigenvalue weighted by Crippen LogP contribution is -2.35. The van der Waals surface area contributed by atoms with Crippen molar-refractivity contribution in [3.05, 3.63) is 34.9 Å². The molecule has 0 saturated heterocycles. The van der Waals surface area contributed by atoms with Crippen LogP contribution in [0.25, 0.3) is 0 Å². The monoisotopic (exact) mass is 209 g/mol. The predicted molar refractivity (Wildman–Crippen MR) is 60.7 cm³/mol. The fourth-order valence-corrected chi connectivity index (χ4v) is 1.44. The van der Waals surface area contributed by atoms with Crippen molar-refractivity contribution in [1.29, 1.82) is 0 Å². The Morgan fingerprint density at radius 2 is 1.87 bits per heavy atom. The average Bonchev–Trinajstić information content (AvgIpc) is 2.25. The van der Waals surface area contributed by atoms with Gasteiger partial charge in [-0.25, -0.2) is 0 Å². The van der Waals surface area contributed by atoms with E-state index >= 15 is 0 Å². The summed E-state index contributed by atoms with van der Waals surface area (Å²) in [5.41, 5.74) is 3.74. The van der Waals surface area contributed by atoms with Crippen LogP contribution in [0.2, 0.25) is 0 Å². The van der Waals surface area contributed by atoms with Crippen molar-refractivity contribution < 1.29 is 10.2 Å². The van der Waals surface area contributed by atoms with E-state index in [0.717, 1.165) is 0 Å². The van der Waals surface area contributed by atoms with E-state index in [1.165, 1.54) is 16.7 Å². The number of aliphatic hydroxyl groups is 2. The van der Waals surface area contributed by atoms with Crippen molar-refractivity contribution in [3.8, 4) is 0 Å².